The topological polar surface area (TPSA) is 29.1 Å². The second kappa shape index (κ2) is 5.07. The number of anilines is 1. The Labute approximate surface area is 117 Å². The summed E-state index contributed by atoms with van der Waals surface area (Å²) in [6, 6.07) is 3.81. The van der Waals surface area contributed by atoms with Crippen LogP contribution in [0.15, 0.2) is 18.2 Å². The molecule has 0 aromatic heterocycles. The molecular weight excluding hydrogens is 358 g/mol. The van der Waals surface area contributed by atoms with Crippen molar-refractivity contribution in [3.05, 3.63) is 27.3 Å². The van der Waals surface area contributed by atoms with Gasteiger partial charge in [0.2, 0.25) is 5.91 Å². The lowest BCUT2D eigenvalue weighted by atomic mass is 9.95. The van der Waals surface area contributed by atoms with Gasteiger partial charge in [0.25, 0.3) is 0 Å². The van der Waals surface area contributed by atoms with Gasteiger partial charge in [0.05, 0.1) is 11.3 Å². The lowest BCUT2D eigenvalue weighted by Crippen LogP contribution is -2.28. The quantitative estimate of drug-likeness (QED) is 0.733. The monoisotopic (exact) mass is 371 g/mol. The smallest absolute Gasteiger partial charge is 0.325 e. The lowest BCUT2D eigenvalue weighted by molar-refractivity contribution is -0.137. The van der Waals surface area contributed by atoms with Crippen LogP contribution in [-0.2, 0) is 11.0 Å². The Bertz CT molecular complexity index is 463. The van der Waals surface area contributed by atoms with E-state index in [1.54, 1.807) is 43.4 Å². The zero-order chi connectivity index (χ0) is 14.1. The van der Waals surface area contributed by atoms with Crippen LogP contribution in [-0.4, -0.2) is 5.91 Å². The Hall–Kier alpha value is -0.790. The van der Waals surface area contributed by atoms with Crippen LogP contribution in [0.4, 0.5) is 18.9 Å². The van der Waals surface area contributed by atoms with Gasteiger partial charge in [-0.25, -0.2) is 0 Å². The molecule has 100 valence electrons. The van der Waals surface area contributed by atoms with Crippen molar-refractivity contribution in [3.8, 4) is 0 Å². The summed E-state index contributed by atoms with van der Waals surface area (Å²) in [6.07, 6.45) is -4.48. The molecule has 0 heterocycles. The average Bonchev–Trinajstić information content (AvgIpc) is 2.17. The number of halogens is 4. The number of benzene rings is 1. The molecule has 0 unspecified atom stereocenters. The number of alkyl halides is 3. The van der Waals surface area contributed by atoms with E-state index in [4.69, 9.17) is 0 Å². The van der Waals surface area contributed by atoms with Gasteiger partial charge in [-0.2, -0.15) is 13.2 Å². The van der Waals surface area contributed by atoms with Gasteiger partial charge in [-0.05, 0) is 40.8 Å². The molecule has 1 amide bonds. The number of hydrogen-bond acceptors (Lipinski definition) is 1. The molecule has 0 bridgehead atoms. The molecule has 1 aromatic rings. The van der Waals surface area contributed by atoms with Gasteiger partial charge in [-0.1, -0.05) is 20.8 Å². The summed E-state index contributed by atoms with van der Waals surface area (Å²) >= 11 is 1.80. The summed E-state index contributed by atoms with van der Waals surface area (Å²) in [7, 11) is 0. The summed E-state index contributed by atoms with van der Waals surface area (Å²) in [5.41, 5.74) is -1.78. The predicted molar refractivity (Wildman–Crippen MR) is 72.2 cm³/mol. The summed E-state index contributed by atoms with van der Waals surface area (Å²) < 4.78 is 38.9. The molecule has 18 heavy (non-hydrogen) atoms. The number of carbonyl (C=O) groups excluding carboxylic acids is 1. The van der Waals surface area contributed by atoms with E-state index >= 15 is 0 Å². The number of nitrogens with one attached hydrogen (secondary N) is 1. The van der Waals surface area contributed by atoms with E-state index in [9.17, 15) is 18.0 Å². The van der Waals surface area contributed by atoms with Crippen LogP contribution in [0, 0.1) is 8.99 Å². The Kier molecular flexibility index (Phi) is 4.30. The minimum atomic E-state index is -4.48. The van der Waals surface area contributed by atoms with Gasteiger partial charge >= 0.3 is 6.18 Å². The van der Waals surface area contributed by atoms with E-state index in [0.29, 0.717) is 3.57 Å². The molecule has 0 aliphatic rings. The molecule has 0 atom stereocenters. The normalized spacial score (nSPS) is 12.4. The Balaban J connectivity index is 3.14. The summed E-state index contributed by atoms with van der Waals surface area (Å²) in [5.74, 6) is -0.450. The van der Waals surface area contributed by atoms with Gasteiger partial charge < -0.3 is 5.32 Å². The van der Waals surface area contributed by atoms with Crippen molar-refractivity contribution in [2.24, 2.45) is 5.41 Å². The highest BCUT2D eigenvalue weighted by Gasteiger charge is 2.35. The first-order valence-electron chi connectivity index (χ1n) is 5.20. The minimum absolute atomic E-state index is 0.206. The minimum Gasteiger partial charge on any atom is -0.325 e. The van der Waals surface area contributed by atoms with Crippen LogP contribution in [0.5, 0.6) is 0 Å². The van der Waals surface area contributed by atoms with Gasteiger partial charge in [-0.3, -0.25) is 4.79 Å². The highest BCUT2D eigenvalue weighted by Crippen LogP contribution is 2.36. The number of hydrogen-bond donors (Lipinski definition) is 1. The first kappa shape index (κ1) is 15.3. The maximum absolute atomic E-state index is 12.8. The van der Waals surface area contributed by atoms with E-state index < -0.39 is 23.1 Å². The van der Waals surface area contributed by atoms with Crippen LogP contribution >= 0.6 is 22.6 Å². The number of rotatable bonds is 1. The highest BCUT2D eigenvalue weighted by molar-refractivity contribution is 14.1. The number of carbonyl (C=O) groups is 1. The van der Waals surface area contributed by atoms with Crippen molar-refractivity contribution in [3.63, 3.8) is 0 Å². The standard InChI is InChI=1S/C12H13F3INO/c1-11(2,3)10(18)17-9-5-4-7(16)6-8(9)12(13,14)15/h4-6H,1-3H3,(H,17,18). The predicted octanol–water partition coefficient (Wildman–Crippen LogP) is 4.29. The third kappa shape index (κ3) is 3.86. The SMILES string of the molecule is CC(C)(C)C(=O)Nc1ccc(I)cc1C(F)(F)F. The largest absolute Gasteiger partial charge is 0.418 e. The molecule has 1 rings (SSSR count). The molecular formula is C12H13F3INO. The van der Waals surface area contributed by atoms with Crippen LogP contribution in [0.25, 0.3) is 0 Å². The van der Waals surface area contributed by atoms with Crippen molar-refractivity contribution in [1.82, 2.24) is 0 Å². The Morgan fingerprint density at radius 3 is 2.22 bits per heavy atom. The summed E-state index contributed by atoms with van der Waals surface area (Å²) in [5, 5.41) is 2.32. The van der Waals surface area contributed by atoms with Crippen molar-refractivity contribution < 1.29 is 18.0 Å². The van der Waals surface area contributed by atoms with E-state index in [2.05, 4.69) is 5.32 Å². The molecule has 2 nitrogen and oxygen atoms in total. The summed E-state index contributed by atoms with van der Waals surface area (Å²) in [6.45, 7) is 4.92. The van der Waals surface area contributed by atoms with Crippen molar-refractivity contribution in [2.45, 2.75) is 26.9 Å². The third-order valence-corrected chi connectivity index (χ3v) is 2.89. The molecule has 0 fully saturated rings. The van der Waals surface area contributed by atoms with Crippen LogP contribution in [0.2, 0.25) is 0 Å². The molecule has 6 heteroatoms. The zero-order valence-electron chi connectivity index (χ0n) is 10.2. The molecule has 0 aliphatic carbocycles. The second-order valence-corrected chi connectivity index (χ2v) is 6.14. The van der Waals surface area contributed by atoms with Crippen molar-refractivity contribution in [1.29, 1.82) is 0 Å². The second-order valence-electron chi connectivity index (χ2n) is 4.89. The third-order valence-electron chi connectivity index (χ3n) is 2.22. The first-order chi connectivity index (χ1) is 8.01. The van der Waals surface area contributed by atoms with E-state index in [1.807, 2.05) is 0 Å². The molecule has 0 radical (unpaired) electrons. The fourth-order valence-corrected chi connectivity index (χ4v) is 1.66. The highest BCUT2D eigenvalue weighted by atomic mass is 127. The van der Waals surface area contributed by atoms with Gasteiger partial charge in [0.15, 0.2) is 0 Å². The molecule has 0 aliphatic heterocycles. The number of amides is 1. The molecule has 0 saturated carbocycles. The van der Waals surface area contributed by atoms with E-state index in [-0.39, 0.29) is 5.69 Å². The van der Waals surface area contributed by atoms with E-state index in [1.165, 1.54) is 12.1 Å². The van der Waals surface area contributed by atoms with Gasteiger partial charge in [0.1, 0.15) is 0 Å². The Morgan fingerprint density at radius 1 is 1.22 bits per heavy atom. The van der Waals surface area contributed by atoms with Crippen molar-refractivity contribution >= 4 is 34.2 Å². The van der Waals surface area contributed by atoms with Gasteiger partial charge in [-0.15, -0.1) is 0 Å². The fraction of sp³-hybridized carbons (Fsp3) is 0.417. The molecule has 0 spiro atoms. The zero-order valence-corrected chi connectivity index (χ0v) is 12.3. The van der Waals surface area contributed by atoms with Crippen LogP contribution in [0.3, 0.4) is 0 Å². The maximum Gasteiger partial charge on any atom is 0.418 e. The molecule has 0 saturated heterocycles. The average molecular weight is 371 g/mol. The fourth-order valence-electron chi connectivity index (χ4n) is 1.17. The van der Waals surface area contributed by atoms with E-state index in [0.717, 1.165) is 6.07 Å². The van der Waals surface area contributed by atoms with Crippen LogP contribution < -0.4 is 5.32 Å². The van der Waals surface area contributed by atoms with Gasteiger partial charge in [0, 0.05) is 8.99 Å². The first-order valence-corrected chi connectivity index (χ1v) is 6.28. The van der Waals surface area contributed by atoms with Crippen LogP contribution in [0.1, 0.15) is 26.3 Å². The maximum atomic E-state index is 12.8. The van der Waals surface area contributed by atoms with Crippen molar-refractivity contribution in [2.75, 3.05) is 5.32 Å². The Morgan fingerprint density at radius 2 is 1.78 bits per heavy atom. The lowest BCUT2D eigenvalue weighted by Gasteiger charge is -2.20. The summed E-state index contributed by atoms with van der Waals surface area (Å²) in [4.78, 5) is 11.7. The molecule has 1 aromatic carbocycles. The molecule has 1 N–H and O–H groups in total.